The number of nitrogens with zero attached hydrogens (tertiary/aromatic N) is 3. The Morgan fingerprint density at radius 2 is 1.71 bits per heavy atom. The molecule has 2 atom stereocenters. The summed E-state index contributed by atoms with van der Waals surface area (Å²) in [5, 5.41) is 10.4. The van der Waals surface area contributed by atoms with E-state index >= 15 is 0 Å². The van der Waals surface area contributed by atoms with E-state index in [1.165, 1.54) is 36.7 Å². The van der Waals surface area contributed by atoms with Gasteiger partial charge in [-0.3, -0.25) is 9.59 Å². The lowest BCUT2D eigenvalue weighted by Gasteiger charge is -2.39. The fourth-order valence-corrected chi connectivity index (χ4v) is 5.49. The summed E-state index contributed by atoms with van der Waals surface area (Å²) in [4.78, 5) is 51.9. The van der Waals surface area contributed by atoms with Crippen molar-refractivity contribution in [1.29, 1.82) is 0 Å². The first-order valence-electron chi connectivity index (χ1n) is 10.4. The Morgan fingerprint density at radius 1 is 1.06 bits per heavy atom. The van der Waals surface area contributed by atoms with Gasteiger partial charge in [-0.1, -0.05) is 6.08 Å². The van der Waals surface area contributed by atoms with Gasteiger partial charge >= 0.3 is 11.4 Å². The van der Waals surface area contributed by atoms with Gasteiger partial charge in [0.1, 0.15) is 0 Å². The van der Waals surface area contributed by atoms with Crippen molar-refractivity contribution in [3.63, 3.8) is 0 Å². The van der Waals surface area contributed by atoms with E-state index in [1.807, 2.05) is 6.08 Å². The van der Waals surface area contributed by atoms with Gasteiger partial charge in [0.05, 0.1) is 31.3 Å². The molecule has 2 aliphatic carbocycles. The zero-order chi connectivity index (χ0) is 24.5. The number of carbonyl (C=O) groups is 2. The Bertz CT molecular complexity index is 1480. The molecule has 11 heteroatoms. The van der Waals surface area contributed by atoms with Gasteiger partial charge in [0.2, 0.25) is 5.75 Å². The number of benzene rings is 1. The average molecular weight is 530 g/mol. The number of hydrogen-bond acceptors (Lipinski definition) is 7. The molecule has 2 heterocycles. The predicted octanol–water partition coefficient (Wildman–Crippen LogP) is 1.47. The quantitative estimate of drug-likeness (QED) is 0.471. The molecule has 10 nitrogen and oxygen atoms in total. The average Bonchev–Trinajstić information content (AvgIpc) is 3.05. The largest absolute Gasteiger partial charge is 0.502 e. The third-order valence-corrected chi connectivity index (χ3v) is 7.21. The molecule has 0 spiro atoms. The number of aromatic nitrogens is 3. The summed E-state index contributed by atoms with van der Waals surface area (Å²) < 4.78 is 14.5. The number of aromatic hydroxyl groups is 1. The van der Waals surface area contributed by atoms with Crippen LogP contribution in [0.15, 0.2) is 55.1 Å². The van der Waals surface area contributed by atoms with Gasteiger partial charge in [-0.2, -0.15) is 0 Å². The van der Waals surface area contributed by atoms with Crippen molar-refractivity contribution in [3.8, 4) is 17.2 Å². The summed E-state index contributed by atoms with van der Waals surface area (Å²) in [5.41, 5.74) is 0.848. The molecule has 2 aromatic rings. The lowest BCUT2D eigenvalue weighted by Crippen LogP contribution is -2.40. The van der Waals surface area contributed by atoms with Gasteiger partial charge in [-0.25, -0.2) is 23.5 Å². The lowest BCUT2D eigenvalue weighted by molar-refractivity contribution is -0.115. The van der Waals surface area contributed by atoms with Crippen molar-refractivity contribution in [2.75, 3.05) is 14.2 Å². The number of phenolic OH excluding ortho intramolecular Hbond substituents is 1. The first-order valence-corrected chi connectivity index (χ1v) is 11.2. The summed E-state index contributed by atoms with van der Waals surface area (Å²) >= 11 is 3.18. The van der Waals surface area contributed by atoms with E-state index in [9.17, 15) is 24.3 Å². The zero-order valence-electron chi connectivity index (χ0n) is 18.5. The predicted molar refractivity (Wildman–Crippen MR) is 124 cm³/mol. The van der Waals surface area contributed by atoms with Gasteiger partial charge in [-0.05, 0) is 39.2 Å². The first-order chi connectivity index (χ1) is 16.2. The van der Waals surface area contributed by atoms with Crippen molar-refractivity contribution in [2.45, 2.75) is 24.9 Å². The van der Waals surface area contributed by atoms with Crippen LogP contribution in [0.3, 0.4) is 0 Å². The number of phenols is 1. The summed E-state index contributed by atoms with van der Waals surface area (Å²) in [6.07, 6.45) is 3.15. The van der Waals surface area contributed by atoms with Crippen LogP contribution in [0.4, 0.5) is 0 Å². The number of allylic oxidation sites excluding steroid dienone is 6. The molecule has 5 rings (SSSR count). The van der Waals surface area contributed by atoms with Crippen LogP contribution < -0.4 is 20.9 Å². The minimum atomic E-state index is -0.721. The van der Waals surface area contributed by atoms with Crippen LogP contribution in [-0.4, -0.2) is 44.8 Å². The van der Waals surface area contributed by atoms with Crippen molar-refractivity contribution in [2.24, 2.45) is 7.05 Å². The van der Waals surface area contributed by atoms with Crippen LogP contribution in [0.5, 0.6) is 17.2 Å². The normalized spacial score (nSPS) is 21.4. The number of rotatable bonds is 3. The molecule has 1 N–H and O–H groups in total. The van der Waals surface area contributed by atoms with Crippen molar-refractivity contribution in [3.05, 3.63) is 72.0 Å². The summed E-state index contributed by atoms with van der Waals surface area (Å²) in [6, 6.07) is 2.51. The molecule has 34 heavy (non-hydrogen) atoms. The highest BCUT2D eigenvalue weighted by molar-refractivity contribution is 9.12. The number of fused-ring (bicyclic) bond motifs is 3. The van der Waals surface area contributed by atoms with E-state index in [2.05, 4.69) is 15.9 Å². The minimum Gasteiger partial charge on any atom is -0.502 e. The highest BCUT2D eigenvalue weighted by atomic mass is 79.9. The SMILES string of the molecule is COc1cc([C@H]2C3=CCn4c(=O)n(C)c(=O)n4[C@@H]3CC3=C2C(=O)C=C(Br)C3=O)cc(OC)c1O. The number of ether oxygens (including phenoxy) is 2. The van der Waals surface area contributed by atoms with Crippen molar-refractivity contribution in [1.82, 2.24) is 13.9 Å². The Morgan fingerprint density at radius 3 is 2.32 bits per heavy atom. The topological polar surface area (TPSA) is 122 Å². The highest BCUT2D eigenvalue weighted by Gasteiger charge is 2.45. The first kappa shape index (κ1) is 22.2. The van der Waals surface area contributed by atoms with Crippen molar-refractivity contribution < 1.29 is 24.2 Å². The molecule has 0 bridgehead atoms. The van der Waals surface area contributed by atoms with E-state index in [1.54, 1.807) is 12.1 Å². The molecule has 176 valence electrons. The number of Topliss-reactive ketones (excluding diaryl/α,β-unsaturated/α-hetero) is 1. The number of hydrogen-bond donors (Lipinski definition) is 1. The molecule has 0 fully saturated rings. The maximum absolute atomic E-state index is 13.2. The van der Waals surface area contributed by atoms with Crippen LogP contribution >= 0.6 is 15.9 Å². The number of ketones is 2. The zero-order valence-corrected chi connectivity index (χ0v) is 20.1. The molecular formula is C23H20BrN3O7. The second-order valence-electron chi connectivity index (χ2n) is 8.26. The second kappa shape index (κ2) is 7.73. The lowest BCUT2D eigenvalue weighted by atomic mass is 9.69. The van der Waals surface area contributed by atoms with E-state index in [0.29, 0.717) is 16.7 Å². The maximum atomic E-state index is 13.2. The summed E-state index contributed by atoms with van der Waals surface area (Å²) in [6.45, 7) is 0.133. The van der Waals surface area contributed by atoms with Crippen LogP contribution in [0, 0.1) is 0 Å². The number of carbonyl (C=O) groups excluding carboxylic acids is 2. The number of methoxy groups -OCH3 is 2. The molecule has 3 aliphatic rings. The molecule has 0 amide bonds. The van der Waals surface area contributed by atoms with Gasteiger partial charge < -0.3 is 14.6 Å². The fourth-order valence-electron chi connectivity index (χ4n) is 5.05. The van der Waals surface area contributed by atoms with E-state index in [4.69, 9.17) is 9.47 Å². The third-order valence-electron chi connectivity index (χ3n) is 6.63. The molecule has 0 saturated heterocycles. The Hall–Kier alpha value is -3.60. The summed E-state index contributed by atoms with van der Waals surface area (Å²) in [5.74, 6) is -1.33. The monoisotopic (exact) mass is 529 g/mol. The standard InChI is InChI=1S/C23H20BrN3O7/c1-25-22(31)26-5-4-11-14(27(26)23(25)32)8-12-19(15(28)9-13(24)20(12)29)18(11)10-6-16(33-2)21(30)17(7-10)34-3/h4,6-7,9,14,18,30H,5,8H2,1-3H3/t14-,18+/m1/s1. The molecule has 1 aliphatic heterocycles. The van der Waals surface area contributed by atoms with E-state index < -0.39 is 23.3 Å². The van der Waals surface area contributed by atoms with E-state index in [-0.39, 0.29) is 51.8 Å². The molecule has 1 aromatic heterocycles. The minimum absolute atomic E-state index is 0.0842. The van der Waals surface area contributed by atoms with Gasteiger partial charge in [0.15, 0.2) is 23.1 Å². The Balaban J connectivity index is 1.81. The van der Waals surface area contributed by atoms with Crippen molar-refractivity contribution >= 4 is 27.5 Å². The second-order valence-corrected chi connectivity index (χ2v) is 9.11. The molecule has 0 radical (unpaired) electrons. The molecule has 0 unspecified atom stereocenters. The maximum Gasteiger partial charge on any atom is 0.347 e. The smallest absolute Gasteiger partial charge is 0.347 e. The van der Waals surface area contributed by atoms with Crippen LogP contribution in [-0.2, 0) is 23.2 Å². The third kappa shape index (κ3) is 2.92. The molecule has 0 saturated carbocycles. The van der Waals surface area contributed by atoms with Gasteiger partial charge in [0, 0.05) is 36.6 Å². The summed E-state index contributed by atoms with van der Waals surface area (Å²) in [7, 11) is 4.19. The Labute approximate surface area is 201 Å². The fraction of sp³-hybridized carbons (Fsp3) is 0.304. The van der Waals surface area contributed by atoms with E-state index in [0.717, 1.165) is 4.57 Å². The van der Waals surface area contributed by atoms with Crippen LogP contribution in [0.1, 0.15) is 23.9 Å². The highest BCUT2D eigenvalue weighted by Crippen LogP contribution is 2.52. The molecular weight excluding hydrogens is 510 g/mol. The van der Waals surface area contributed by atoms with Crippen LogP contribution in [0.2, 0.25) is 0 Å². The number of halogens is 1. The molecule has 1 aromatic carbocycles. The van der Waals surface area contributed by atoms with Gasteiger partial charge in [-0.15, -0.1) is 0 Å². The Kier molecular flexibility index (Phi) is 5.05. The van der Waals surface area contributed by atoms with Crippen LogP contribution in [0.25, 0.3) is 0 Å². The van der Waals surface area contributed by atoms with Gasteiger partial charge in [0.25, 0.3) is 0 Å².